The van der Waals surface area contributed by atoms with Gasteiger partial charge in [-0.1, -0.05) is 45.0 Å². The van der Waals surface area contributed by atoms with E-state index < -0.39 is 58.7 Å². The summed E-state index contributed by atoms with van der Waals surface area (Å²) in [7, 11) is 0. The minimum atomic E-state index is -2.06. The van der Waals surface area contributed by atoms with Gasteiger partial charge in [-0.05, 0) is 67.3 Å². The van der Waals surface area contributed by atoms with E-state index in [0.717, 1.165) is 23.8 Å². The SMILES string of the molecule is CC(C)(C)C(NC1(c2cccc(C(F)C(C)(C)F)c2)CC1)C(O)C(Cc1cc(F)cc(F)c1)NC(=O)O. The number of aliphatic hydroxyl groups is 1. The Hall–Kier alpha value is -2.65. The number of aliphatic hydroxyl groups excluding tert-OH is 1. The third-order valence-corrected chi connectivity index (χ3v) is 6.89. The number of nitrogens with one attached hydrogen (secondary N) is 2. The summed E-state index contributed by atoms with van der Waals surface area (Å²) in [6.07, 6.45) is -3.28. The summed E-state index contributed by atoms with van der Waals surface area (Å²) in [5, 5.41) is 26.7. The Bertz CT molecular complexity index is 1090. The molecule has 204 valence electrons. The van der Waals surface area contributed by atoms with Crippen LogP contribution in [0.15, 0.2) is 42.5 Å². The smallest absolute Gasteiger partial charge is 0.404 e. The first-order chi connectivity index (χ1) is 17.0. The van der Waals surface area contributed by atoms with Crippen molar-refractivity contribution in [3.63, 3.8) is 0 Å². The molecule has 9 heteroatoms. The predicted molar refractivity (Wildman–Crippen MR) is 134 cm³/mol. The normalized spacial score (nSPS) is 18.5. The van der Waals surface area contributed by atoms with E-state index in [1.165, 1.54) is 19.9 Å². The summed E-state index contributed by atoms with van der Waals surface area (Å²) in [6, 6.07) is 7.80. The number of alkyl halides is 2. The second kappa shape index (κ2) is 10.6. The molecule has 1 fully saturated rings. The van der Waals surface area contributed by atoms with Gasteiger partial charge in [0, 0.05) is 17.6 Å². The van der Waals surface area contributed by atoms with Gasteiger partial charge in [0.15, 0.2) is 6.17 Å². The van der Waals surface area contributed by atoms with Gasteiger partial charge >= 0.3 is 6.09 Å². The lowest BCUT2D eigenvalue weighted by molar-refractivity contribution is 0.0323. The molecule has 0 radical (unpaired) electrons. The summed E-state index contributed by atoms with van der Waals surface area (Å²) in [5.74, 6) is -1.60. The Morgan fingerprint density at radius 2 is 1.65 bits per heavy atom. The van der Waals surface area contributed by atoms with E-state index in [1.54, 1.807) is 12.1 Å². The Labute approximate surface area is 215 Å². The van der Waals surface area contributed by atoms with E-state index in [4.69, 9.17) is 0 Å². The van der Waals surface area contributed by atoms with Crippen molar-refractivity contribution in [1.29, 1.82) is 0 Å². The molecule has 37 heavy (non-hydrogen) atoms. The van der Waals surface area contributed by atoms with Crippen molar-refractivity contribution in [1.82, 2.24) is 10.6 Å². The number of hydrogen-bond donors (Lipinski definition) is 4. The third-order valence-electron chi connectivity index (χ3n) is 6.89. The van der Waals surface area contributed by atoms with Crippen LogP contribution < -0.4 is 10.6 Å². The minimum Gasteiger partial charge on any atom is -0.465 e. The monoisotopic (exact) mass is 524 g/mol. The number of carbonyl (C=O) groups is 1. The first kappa shape index (κ1) is 28.9. The number of hydrogen-bond acceptors (Lipinski definition) is 3. The molecule has 4 unspecified atom stereocenters. The van der Waals surface area contributed by atoms with Gasteiger partial charge in [-0.3, -0.25) is 0 Å². The van der Waals surface area contributed by atoms with Gasteiger partial charge in [0.1, 0.15) is 17.3 Å². The second-order valence-corrected chi connectivity index (χ2v) is 11.7. The van der Waals surface area contributed by atoms with Crippen molar-refractivity contribution in [2.75, 3.05) is 0 Å². The Morgan fingerprint density at radius 1 is 1.05 bits per heavy atom. The van der Waals surface area contributed by atoms with Gasteiger partial charge in [0.05, 0.1) is 12.1 Å². The summed E-state index contributed by atoms with van der Waals surface area (Å²) in [5.41, 5.74) is -2.10. The zero-order valence-corrected chi connectivity index (χ0v) is 21.8. The molecule has 2 aromatic carbocycles. The fraction of sp³-hybridized carbons (Fsp3) is 0.536. The molecule has 0 heterocycles. The summed E-state index contributed by atoms with van der Waals surface area (Å²) in [6.45, 7) is 8.00. The molecular weight excluding hydrogens is 488 g/mol. The lowest BCUT2D eigenvalue weighted by Gasteiger charge is -2.41. The molecule has 2 aromatic rings. The molecule has 4 atom stereocenters. The van der Waals surface area contributed by atoms with Crippen LogP contribution in [0.3, 0.4) is 0 Å². The molecule has 0 saturated heterocycles. The van der Waals surface area contributed by atoms with Crippen LogP contribution in [0, 0.1) is 17.0 Å². The minimum absolute atomic E-state index is 0.145. The van der Waals surface area contributed by atoms with Crippen LogP contribution in [-0.2, 0) is 12.0 Å². The zero-order valence-electron chi connectivity index (χ0n) is 21.8. The highest BCUT2D eigenvalue weighted by atomic mass is 19.2. The Balaban J connectivity index is 1.91. The van der Waals surface area contributed by atoms with Crippen LogP contribution in [-0.4, -0.2) is 40.2 Å². The molecular formula is C28H36F4N2O3. The van der Waals surface area contributed by atoms with Crippen molar-refractivity contribution in [2.24, 2.45) is 5.41 Å². The second-order valence-electron chi connectivity index (χ2n) is 11.7. The van der Waals surface area contributed by atoms with Crippen molar-refractivity contribution >= 4 is 6.09 Å². The number of carboxylic acid groups (broad SMARTS) is 1. The van der Waals surface area contributed by atoms with E-state index in [2.05, 4.69) is 10.6 Å². The van der Waals surface area contributed by atoms with Crippen LogP contribution in [0.2, 0.25) is 0 Å². The van der Waals surface area contributed by atoms with Gasteiger partial charge in [-0.15, -0.1) is 0 Å². The van der Waals surface area contributed by atoms with Crippen LogP contribution in [0.4, 0.5) is 22.4 Å². The maximum Gasteiger partial charge on any atom is 0.404 e. The van der Waals surface area contributed by atoms with Crippen LogP contribution in [0.25, 0.3) is 0 Å². The molecule has 1 amide bonds. The van der Waals surface area contributed by atoms with Gasteiger partial charge in [0.2, 0.25) is 0 Å². The van der Waals surface area contributed by atoms with E-state index in [0.29, 0.717) is 12.8 Å². The summed E-state index contributed by atoms with van der Waals surface area (Å²) >= 11 is 0. The van der Waals surface area contributed by atoms with Crippen LogP contribution in [0.5, 0.6) is 0 Å². The van der Waals surface area contributed by atoms with Crippen LogP contribution in [0.1, 0.15) is 70.3 Å². The molecule has 1 aliphatic carbocycles. The molecule has 3 rings (SSSR count). The average molecular weight is 525 g/mol. The summed E-state index contributed by atoms with van der Waals surface area (Å²) < 4.78 is 56.6. The van der Waals surface area contributed by atoms with E-state index in [9.17, 15) is 32.6 Å². The van der Waals surface area contributed by atoms with E-state index >= 15 is 0 Å². The molecule has 0 spiro atoms. The van der Waals surface area contributed by atoms with Crippen molar-refractivity contribution < 1.29 is 32.6 Å². The quantitative estimate of drug-likeness (QED) is 0.289. The molecule has 1 saturated carbocycles. The maximum atomic E-state index is 14.7. The topological polar surface area (TPSA) is 81.6 Å². The Kier molecular flexibility index (Phi) is 8.29. The maximum absolute atomic E-state index is 14.7. The average Bonchev–Trinajstić information content (AvgIpc) is 3.55. The number of halogens is 4. The van der Waals surface area contributed by atoms with Gasteiger partial charge in [-0.25, -0.2) is 22.4 Å². The highest BCUT2D eigenvalue weighted by Crippen LogP contribution is 2.48. The predicted octanol–water partition coefficient (Wildman–Crippen LogP) is 5.96. The number of benzene rings is 2. The molecule has 0 aromatic heterocycles. The van der Waals surface area contributed by atoms with E-state index in [1.807, 2.05) is 26.8 Å². The standard InChI is InChI=1S/C28H36F4N2O3/c1-26(2,3)24(22(35)21(33-25(36)37)13-16-11-19(29)15-20(30)12-16)34-28(9-10-28)18-8-6-7-17(14-18)23(31)27(4,5)32/h6-8,11-12,14-15,21-24,33-35H,9-10,13H2,1-5H3,(H,36,37). The fourth-order valence-corrected chi connectivity index (χ4v) is 4.77. The first-order valence-corrected chi connectivity index (χ1v) is 12.4. The first-order valence-electron chi connectivity index (χ1n) is 12.4. The molecule has 1 aliphatic rings. The molecule has 0 bridgehead atoms. The molecule has 0 aliphatic heterocycles. The Morgan fingerprint density at radius 3 is 2.14 bits per heavy atom. The highest BCUT2D eigenvalue weighted by molar-refractivity contribution is 5.65. The molecule has 5 nitrogen and oxygen atoms in total. The lowest BCUT2D eigenvalue weighted by Crippen LogP contribution is -2.60. The number of amides is 1. The number of rotatable bonds is 10. The van der Waals surface area contributed by atoms with Gasteiger partial charge < -0.3 is 20.8 Å². The van der Waals surface area contributed by atoms with Gasteiger partial charge in [-0.2, -0.15) is 0 Å². The van der Waals surface area contributed by atoms with Crippen molar-refractivity contribution in [3.8, 4) is 0 Å². The van der Waals surface area contributed by atoms with E-state index in [-0.39, 0.29) is 17.5 Å². The van der Waals surface area contributed by atoms with Crippen LogP contribution >= 0.6 is 0 Å². The zero-order chi connectivity index (χ0) is 27.8. The third kappa shape index (κ3) is 7.23. The highest BCUT2D eigenvalue weighted by Gasteiger charge is 2.50. The lowest BCUT2D eigenvalue weighted by atomic mass is 9.79. The largest absolute Gasteiger partial charge is 0.465 e. The van der Waals surface area contributed by atoms with Crippen molar-refractivity contribution in [2.45, 2.75) is 89.4 Å². The molecule has 4 N–H and O–H groups in total. The van der Waals surface area contributed by atoms with Crippen molar-refractivity contribution in [3.05, 3.63) is 70.8 Å². The van der Waals surface area contributed by atoms with Gasteiger partial charge in [0.25, 0.3) is 0 Å². The summed E-state index contributed by atoms with van der Waals surface area (Å²) in [4.78, 5) is 11.6. The fourth-order valence-electron chi connectivity index (χ4n) is 4.77.